The third-order valence-electron chi connectivity index (χ3n) is 3.43. The van der Waals surface area contributed by atoms with Gasteiger partial charge in [0.05, 0.1) is 10.7 Å². The van der Waals surface area contributed by atoms with Crippen molar-refractivity contribution in [2.75, 3.05) is 13.7 Å². The van der Waals surface area contributed by atoms with Crippen LogP contribution in [0.4, 0.5) is 0 Å². The molecule has 2 aromatic carbocycles. The summed E-state index contributed by atoms with van der Waals surface area (Å²) >= 11 is 2.07. The highest BCUT2D eigenvalue weighted by molar-refractivity contribution is 14.1. The van der Waals surface area contributed by atoms with Crippen molar-refractivity contribution in [3.8, 4) is 11.5 Å². The number of nitrogens with one attached hydrogen (secondary N) is 2. The quantitative estimate of drug-likeness (QED) is 0.520. The molecule has 0 saturated carbocycles. The summed E-state index contributed by atoms with van der Waals surface area (Å²) in [7, 11) is 1.56. The Hall–Kier alpha value is -2.29. The molecule has 2 rings (SSSR count). The Morgan fingerprint density at radius 1 is 1.08 bits per heavy atom. The van der Waals surface area contributed by atoms with E-state index in [4.69, 9.17) is 9.47 Å². The first-order valence-electron chi connectivity index (χ1n) is 7.68. The largest absolute Gasteiger partial charge is 0.496 e. The van der Waals surface area contributed by atoms with Crippen LogP contribution in [0.5, 0.6) is 11.5 Å². The van der Waals surface area contributed by atoms with Gasteiger partial charge in [-0.05, 0) is 64.9 Å². The SMILES string of the molecule is CCc1ccc(OCC(=O)NNC(=O)c2ccc(OC)c(I)c2)cc1. The van der Waals surface area contributed by atoms with Gasteiger partial charge in [0.25, 0.3) is 11.8 Å². The Morgan fingerprint density at radius 2 is 1.80 bits per heavy atom. The summed E-state index contributed by atoms with van der Waals surface area (Å²) in [6.07, 6.45) is 0.942. The smallest absolute Gasteiger partial charge is 0.276 e. The Morgan fingerprint density at radius 3 is 2.40 bits per heavy atom. The molecule has 0 atom stereocenters. The van der Waals surface area contributed by atoms with Crippen LogP contribution in [-0.2, 0) is 11.2 Å². The third-order valence-corrected chi connectivity index (χ3v) is 4.27. The maximum atomic E-state index is 12.0. The van der Waals surface area contributed by atoms with E-state index in [1.165, 1.54) is 5.56 Å². The number of hydrogen-bond acceptors (Lipinski definition) is 4. The summed E-state index contributed by atoms with van der Waals surface area (Å²) in [6.45, 7) is 1.88. The van der Waals surface area contributed by atoms with Crippen molar-refractivity contribution in [1.82, 2.24) is 10.9 Å². The van der Waals surface area contributed by atoms with Crippen LogP contribution in [0, 0.1) is 3.57 Å². The molecule has 0 radical (unpaired) electrons. The van der Waals surface area contributed by atoms with Crippen LogP contribution in [0.1, 0.15) is 22.8 Å². The molecule has 0 bridgehead atoms. The molecule has 7 heteroatoms. The van der Waals surface area contributed by atoms with E-state index in [9.17, 15) is 9.59 Å². The Labute approximate surface area is 160 Å². The number of carbonyl (C=O) groups is 2. The van der Waals surface area contributed by atoms with Gasteiger partial charge in [0, 0.05) is 5.56 Å². The lowest BCUT2D eigenvalue weighted by atomic mass is 10.2. The summed E-state index contributed by atoms with van der Waals surface area (Å²) in [6, 6.07) is 12.5. The number of hydrazine groups is 1. The maximum absolute atomic E-state index is 12.0. The van der Waals surface area contributed by atoms with E-state index in [1.54, 1.807) is 25.3 Å². The van der Waals surface area contributed by atoms with E-state index < -0.39 is 11.8 Å². The van der Waals surface area contributed by atoms with Gasteiger partial charge in [-0.15, -0.1) is 0 Å². The van der Waals surface area contributed by atoms with Gasteiger partial charge in [0.15, 0.2) is 6.61 Å². The summed E-state index contributed by atoms with van der Waals surface area (Å²) < 4.78 is 11.3. The van der Waals surface area contributed by atoms with E-state index >= 15 is 0 Å². The van der Waals surface area contributed by atoms with Crippen molar-refractivity contribution in [3.63, 3.8) is 0 Å². The van der Waals surface area contributed by atoms with Crippen LogP contribution in [-0.4, -0.2) is 25.5 Å². The molecule has 0 aliphatic heterocycles. The minimum Gasteiger partial charge on any atom is -0.496 e. The van der Waals surface area contributed by atoms with Crippen LogP contribution in [0.25, 0.3) is 0 Å². The Bertz CT molecular complexity index is 747. The molecule has 0 saturated heterocycles. The summed E-state index contributed by atoms with van der Waals surface area (Å²) in [5, 5.41) is 0. The second-order valence-corrected chi connectivity index (χ2v) is 6.30. The molecular weight excluding hydrogens is 435 g/mol. The Kier molecular flexibility index (Phi) is 7.05. The van der Waals surface area contributed by atoms with Gasteiger partial charge in [-0.2, -0.15) is 0 Å². The van der Waals surface area contributed by atoms with Crippen molar-refractivity contribution in [2.45, 2.75) is 13.3 Å². The van der Waals surface area contributed by atoms with Crippen molar-refractivity contribution < 1.29 is 19.1 Å². The zero-order valence-electron chi connectivity index (χ0n) is 14.0. The molecule has 2 aromatic rings. The lowest BCUT2D eigenvalue weighted by Gasteiger charge is -2.10. The highest BCUT2D eigenvalue weighted by atomic mass is 127. The number of carbonyl (C=O) groups excluding carboxylic acids is 2. The molecule has 0 aliphatic carbocycles. The molecular formula is C18H19IN2O4. The first kappa shape index (κ1) is 19.0. The molecule has 132 valence electrons. The molecule has 0 spiro atoms. The average molecular weight is 454 g/mol. The van der Waals surface area contributed by atoms with E-state index in [-0.39, 0.29) is 6.61 Å². The second kappa shape index (κ2) is 9.26. The van der Waals surface area contributed by atoms with Gasteiger partial charge < -0.3 is 9.47 Å². The molecule has 25 heavy (non-hydrogen) atoms. The van der Waals surface area contributed by atoms with Crippen molar-refractivity contribution in [1.29, 1.82) is 0 Å². The molecule has 0 aromatic heterocycles. The number of aryl methyl sites for hydroxylation is 1. The van der Waals surface area contributed by atoms with Gasteiger partial charge in [0.2, 0.25) is 0 Å². The molecule has 0 heterocycles. The average Bonchev–Trinajstić information content (AvgIpc) is 2.64. The molecule has 0 aliphatic rings. The van der Waals surface area contributed by atoms with Crippen LogP contribution in [0.3, 0.4) is 0 Å². The number of halogens is 1. The van der Waals surface area contributed by atoms with Crippen LogP contribution in [0.15, 0.2) is 42.5 Å². The summed E-state index contributed by atoms with van der Waals surface area (Å²) in [4.78, 5) is 23.8. The standard InChI is InChI=1S/C18H19IN2O4/c1-3-12-4-7-14(8-5-12)25-11-17(22)20-21-18(23)13-6-9-16(24-2)15(19)10-13/h4-10H,3,11H2,1-2H3,(H,20,22)(H,21,23). The molecule has 2 N–H and O–H groups in total. The van der Waals surface area contributed by atoms with E-state index in [0.717, 1.165) is 9.99 Å². The lowest BCUT2D eigenvalue weighted by molar-refractivity contribution is -0.123. The molecule has 0 fully saturated rings. The molecule has 6 nitrogen and oxygen atoms in total. The number of hydrogen-bond donors (Lipinski definition) is 2. The first-order chi connectivity index (χ1) is 12.0. The predicted molar refractivity (Wildman–Crippen MR) is 103 cm³/mol. The fourth-order valence-electron chi connectivity index (χ4n) is 2.01. The van der Waals surface area contributed by atoms with E-state index in [2.05, 4.69) is 40.4 Å². The second-order valence-electron chi connectivity index (χ2n) is 5.14. The molecule has 2 amide bonds. The normalized spacial score (nSPS) is 10.0. The lowest BCUT2D eigenvalue weighted by Crippen LogP contribution is -2.43. The van der Waals surface area contributed by atoms with E-state index in [1.807, 2.05) is 24.3 Å². The van der Waals surface area contributed by atoms with Crippen molar-refractivity contribution in [3.05, 3.63) is 57.2 Å². The zero-order valence-corrected chi connectivity index (χ0v) is 16.1. The third kappa shape index (κ3) is 5.63. The van der Waals surface area contributed by atoms with Gasteiger partial charge >= 0.3 is 0 Å². The number of rotatable bonds is 6. The molecule has 0 unspecified atom stereocenters. The monoisotopic (exact) mass is 454 g/mol. The van der Waals surface area contributed by atoms with Gasteiger partial charge in [-0.3, -0.25) is 20.4 Å². The minimum atomic E-state index is -0.448. The highest BCUT2D eigenvalue weighted by Gasteiger charge is 2.10. The summed E-state index contributed by atoms with van der Waals surface area (Å²) in [5.41, 5.74) is 6.29. The fourth-order valence-corrected chi connectivity index (χ4v) is 2.75. The zero-order chi connectivity index (χ0) is 18.2. The number of methoxy groups -OCH3 is 1. The fraction of sp³-hybridized carbons (Fsp3) is 0.222. The first-order valence-corrected chi connectivity index (χ1v) is 8.75. The van der Waals surface area contributed by atoms with Gasteiger partial charge in [-0.25, -0.2) is 0 Å². The number of benzene rings is 2. The highest BCUT2D eigenvalue weighted by Crippen LogP contribution is 2.21. The van der Waals surface area contributed by atoms with Crippen molar-refractivity contribution in [2.24, 2.45) is 0 Å². The van der Waals surface area contributed by atoms with Gasteiger partial charge in [-0.1, -0.05) is 19.1 Å². The number of ether oxygens (including phenoxy) is 2. The summed E-state index contributed by atoms with van der Waals surface area (Å²) in [5.74, 6) is 0.421. The van der Waals surface area contributed by atoms with E-state index in [0.29, 0.717) is 17.1 Å². The minimum absolute atomic E-state index is 0.189. The van der Waals surface area contributed by atoms with Crippen LogP contribution in [0.2, 0.25) is 0 Å². The van der Waals surface area contributed by atoms with Crippen molar-refractivity contribution >= 4 is 34.4 Å². The Balaban J connectivity index is 1.80. The predicted octanol–water partition coefficient (Wildman–Crippen LogP) is 2.70. The maximum Gasteiger partial charge on any atom is 0.276 e. The van der Waals surface area contributed by atoms with Crippen LogP contribution < -0.4 is 20.3 Å². The van der Waals surface area contributed by atoms with Crippen LogP contribution >= 0.6 is 22.6 Å². The number of amides is 2. The topological polar surface area (TPSA) is 76.7 Å². The van der Waals surface area contributed by atoms with Gasteiger partial charge in [0.1, 0.15) is 11.5 Å².